The van der Waals surface area contributed by atoms with Crippen LogP contribution in [0.25, 0.3) is 0 Å². The van der Waals surface area contributed by atoms with Crippen LogP contribution in [0.4, 0.5) is 11.4 Å². The fraction of sp³-hybridized carbons (Fsp3) is 0.364. The van der Waals surface area contributed by atoms with Crippen molar-refractivity contribution in [2.45, 2.75) is 19.4 Å². The average molecular weight is 272 g/mol. The minimum Gasteiger partial charge on any atom is -0.319 e. The highest BCUT2D eigenvalue weighted by Crippen LogP contribution is 2.28. The highest BCUT2D eigenvalue weighted by atomic mass is 35.5. The third kappa shape index (κ3) is 3.18. The van der Waals surface area contributed by atoms with E-state index in [-0.39, 0.29) is 17.3 Å². The van der Waals surface area contributed by atoms with Crippen LogP contribution in [0.5, 0.6) is 0 Å². The summed E-state index contributed by atoms with van der Waals surface area (Å²) < 4.78 is 0. The first kappa shape index (κ1) is 14.4. The number of benzene rings is 1. The average Bonchev–Trinajstić information content (AvgIpc) is 2.28. The van der Waals surface area contributed by atoms with Crippen molar-refractivity contribution in [1.82, 2.24) is 5.32 Å². The second kappa shape index (κ2) is 5.32. The summed E-state index contributed by atoms with van der Waals surface area (Å²) in [7, 11) is 1.63. The number of carbonyl (C=O) groups is 1. The Labute approximate surface area is 109 Å². The maximum absolute atomic E-state index is 11.9. The minimum absolute atomic E-state index is 0.0841. The fourth-order valence-corrected chi connectivity index (χ4v) is 1.33. The molecule has 0 radical (unpaired) electrons. The zero-order valence-electron chi connectivity index (χ0n) is 10.3. The molecule has 7 heteroatoms. The van der Waals surface area contributed by atoms with Crippen LogP contribution in [0.1, 0.15) is 13.8 Å². The Kier molecular flexibility index (Phi) is 4.26. The van der Waals surface area contributed by atoms with E-state index >= 15 is 0 Å². The first-order valence-electron chi connectivity index (χ1n) is 5.22. The Balaban J connectivity index is 3.07. The van der Waals surface area contributed by atoms with Gasteiger partial charge in [0, 0.05) is 11.1 Å². The highest BCUT2D eigenvalue weighted by Gasteiger charge is 2.27. The van der Waals surface area contributed by atoms with Gasteiger partial charge in [-0.25, -0.2) is 0 Å². The van der Waals surface area contributed by atoms with E-state index in [1.54, 1.807) is 20.9 Å². The molecule has 0 spiro atoms. The lowest BCUT2D eigenvalue weighted by Gasteiger charge is -2.22. The normalized spacial score (nSPS) is 11.1. The molecule has 0 saturated heterocycles. The van der Waals surface area contributed by atoms with Crippen LogP contribution in [0.15, 0.2) is 18.2 Å². The molecule has 6 nitrogen and oxygen atoms in total. The van der Waals surface area contributed by atoms with Gasteiger partial charge in [0.2, 0.25) is 5.91 Å². The van der Waals surface area contributed by atoms with Crippen LogP contribution in [0.2, 0.25) is 5.02 Å². The molecular weight excluding hydrogens is 258 g/mol. The van der Waals surface area contributed by atoms with Gasteiger partial charge in [0.15, 0.2) is 0 Å². The summed E-state index contributed by atoms with van der Waals surface area (Å²) in [5.41, 5.74) is -0.948. The predicted molar refractivity (Wildman–Crippen MR) is 69.9 cm³/mol. The maximum Gasteiger partial charge on any atom is 0.292 e. The number of amides is 1. The lowest BCUT2D eigenvalue weighted by Crippen LogP contribution is -2.47. The van der Waals surface area contributed by atoms with Crippen molar-refractivity contribution in [3.05, 3.63) is 33.3 Å². The van der Waals surface area contributed by atoms with Crippen molar-refractivity contribution >= 4 is 28.9 Å². The number of hydrogen-bond donors (Lipinski definition) is 2. The number of hydrogen-bond acceptors (Lipinski definition) is 4. The quantitative estimate of drug-likeness (QED) is 0.649. The highest BCUT2D eigenvalue weighted by molar-refractivity contribution is 6.31. The smallest absolute Gasteiger partial charge is 0.292 e. The van der Waals surface area contributed by atoms with Gasteiger partial charge in [-0.2, -0.15) is 0 Å². The van der Waals surface area contributed by atoms with Crippen LogP contribution < -0.4 is 10.6 Å². The number of likely N-dealkylation sites (N-methyl/N-ethyl adjacent to an activating group) is 1. The van der Waals surface area contributed by atoms with Gasteiger partial charge in [-0.3, -0.25) is 14.9 Å². The second-order valence-electron chi connectivity index (χ2n) is 4.25. The maximum atomic E-state index is 11.9. The third-order valence-corrected chi connectivity index (χ3v) is 2.83. The lowest BCUT2D eigenvalue weighted by atomic mass is 10.0. The van der Waals surface area contributed by atoms with Gasteiger partial charge in [0.05, 0.1) is 10.5 Å². The van der Waals surface area contributed by atoms with Crippen LogP contribution in [-0.4, -0.2) is 23.4 Å². The van der Waals surface area contributed by atoms with Gasteiger partial charge in [-0.05, 0) is 33.0 Å². The number of nitrogens with zero attached hydrogens (tertiary/aromatic N) is 1. The Morgan fingerprint density at radius 3 is 2.56 bits per heavy atom. The molecule has 98 valence electrons. The van der Waals surface area contributed by atoms with Gasteiger partial charge in [-0.15, -0.1) is 0 Å². The van der Waals surface area contributed by atoms with E-state index in [0.717, 1.165) is 0 Å². The van der Waals surface area contributed by atoms with Crippen molar-refractivity contribution in [2.24, 2.45) is 0 Å². The van der Waals surface area contributed by atoms with E-state index in [0.29, 0.717) is 5.02 Å². The van der Waals surface area contributed by atoms with Crippen LogP contribution >= 0.6 is 11.6 Å². The van der Waals surface area contributed by atoms with E-state index in [2.05, 4.69) is 10.6 Å². The van der Waals surface area contributed by atoms with E-state index in [1.807, 2.05) is 0 Å². The van der Waals surface area contributed by atoms with Crippen molar-refractivity contribution < 1.29 is 9.72 Å². The van der Waals surface area contributed by atoms with E-state index < -0.39 is 10.5 Å². The SMILES string of the molecule is CNC(C)(C)C(=O)Nc1cc(Cl)ccc1[N+](=O)[O-]. The number of carbonyl (C=O) groups excluding carboxylic acids is 1. The molecule has 0 heterocycles. The van der Waals surface area contributed by atoms with E-state index in [4.69, 9.17) is 11.6 Å². The number of anilines is 1. The zero-order valence-corrected chi connectivity index (χ0v) is 11.0. The van der Waals surface area contributed by atoms with Gasteiger partial charge < -0.3 is 10.6 Å². The molecule has 1 aromatic rings. The molecule has 0 atom stereocenters. The first-order valence-corrected chi connectivity index (χ1v) is 5.60. The zero-order chi connectivity index (χ0) is 13.9. The second-order valence-corrected chi connectivity index (χ2v) is 4.68. The molecule has 1 aromatic carbocycles. The van der Waals surface area contributed by atoms with Crippen molar-refractivity contribution in [2.75, 3.05) is 12.4 Å². The molecular formula is C11H14ClN3O3. The third-order valence-electron chi connectivity index (χ3n) is 2.60. The molecule has 18 heavy (non-hydrogen) atoms. The molecule has 0 aromatic heterocycles. The number of nitro groups is 1. The Hall–Kier alpha value is -1.66. The molecule has 0 fully saturated rings. The Morgan fingerprint density at radius 2 is 2.06 bits per heavy atom. The summed E-state index contributed by atoms with van der Waals surface area (Å²) in [5.74, 6) is -0.379. The largest absolute Gasteiger partial charge is 0.319 e. The van der Waals surface area contributed by atoms with Gasteiger partial charge >= 0.3 is 0 Å². The van der Waals surface area contributed by atoms with Crippen LogP contribution in [0.3, 0.4) is 0 Å². The topological polar surface area (TPSA) is 84.3 Å². The number of nitro benzene ring substituents is 1. The molecule has 0 aliphatic carbocycles. The van der Waals surface area contributed by atoms with Gasteiger partial charge in [0.1, 0.15) is 5.69 Å². The summed E-state index contributed by atoms with van der Waals surface area (Å²) in [6, 6.07) is 4.01. The standard InChI is InChI=1S/C11H14ClN3O3/c1-11(2,13-3)10(16)14-8-6-7(12)4-5-9(8)15(17)18/h4-6,13H,1-3H3,(H,14,16). The summed E-state index contributed by atoms with van der Waals surface area (Å²) in [6.45, 7) is 3.33. The van der Waals surface area contributed by atoms with Gasteiger partial charge in [-0.1, -0.05) is 11.6 Å². The molecule has 0 aliphatic rings. The number of halogens is 1. The summed E-state index contributed by atoms with van der Waals surface area (Å²) in [4.78, 5) is 22.2. The van der Waals surface area contributed by atoms with Crippen molar-refractivity contribution in [3.63, 3.8) is 0 Å². The van der Waals surface area contributed by atoms with E-state index in [1.165, 1.54) is 18.2 Å². The van der Waals surface area contributed by atoms with E-state index in [9.17, 15) is 14.9 Å². The summed E-state index contributed by atoms with van der Waals surface area (Å²) >= 11 is 5.76. The minimum atomic E-state index is -0.837. The first-order chi connectivity index (χ1) is 8.27. The monoisotopic (exact) mass is 271 g/mol. The Bertz CT molecular complexity index is 488. The Morgan fingerprint density at radius 1 is 1.44 bits per heavy atom. The predicted octanol–water partition coefficient (Wildman–Crippen LogP) is 2.18. The van der Waals surface area contributed by atoms with Crippen LogP contribution in [-0.2, 0) is 4.79 Å². The fourth-order valence-electron chi connectivity index (χ4n) is 1.16. The molecule has 0 bridgehead atoms. The molecule has 0 saturated carbocycles. The molecule has 0 unspecified atom stereocenters. The number of rotatable bonds is 4. The van der Waals surface area contributed by atoms with Crippen molar-refractivity contribution in [3.8, 4) is 0 Å². The summed E-state index contributed by atoms with van der Waals surface area (Å²) in [5, 5.41) is 16.5. The molecule has 1 amide bonds. The molecule has 0 aliphatic heterocycles. The molecule has 2 N–H and O–H groups in total. The van der Waals surface area contributed by atoms with Crippen molar-refractivity contribution in [1.29, 1.82) is 0 Å². The van der Waals surface area contributed by atoms with Crippen LogP contribution in [0, 0.1) is 10.1 Å². The molecule has 1 rings (SSSR count). The summed E-state index contributed by atoms with van der Waals surface area (Å²) in [6.07, 6.45) is 0. The van der Waals surface area contributed by atoms with Gasteiger partial charge in [0.25, 0.3) is 5.69 Å². The lowest BCUT2D eigenvalue weighted by molar-refractivity contribution is -0.383. The number of nitrogens with one attached hydrogen (secondary N) is 2.